The van der Waals surface area contributed by atoms with E-state index in [2.05, 4.69) is 23.6 Å². The Bertz CT molecular complexity index is 957. The molecule has 162 valence electrons. The van der Waals surface area contributed by atoms with Crippen molar-refractivity contribution in [1.29, 1.82) is 0 Å². The van der Waals surface area contributed by atoms with Crippen LogP contribution in [0.15, 0.2) is 64.8 Å². The first-order valence-corrected chi connectivity index (χ1v) is 10.7. The molecular weight excluding hydrogens is 392 g/mol. The maximum Gasteiger partial charge on any atom is 0.257 e. The van der Waals surface area contributed by atoms with Crippen LogP contribution < -0.4 is 0 Å². The second-order valence-corrected chi connectivity index (χ2v) is 8.04. The summed E-state index contributed by atoms with van der Waals surface area (Å²) in [7, 11) is 0. The van der Waals surface area contributed by atoms with E-state index < -0.39 is 0 Å². The van der Waals surface area contributed by atoms with Crippen molar-refractivity contribution in [2.45, 2.75) is 25.8 Å². The van der Waals surface area contributed by atoms with E-state index in [1.54, 1.807) is 17.3 Å². The lowest BCUT2D eigenvalue weighted by atomic mass is 10.0. The van der Waals surface area contributed by atoms with Crippen molar-refractivity contribution in [3.63, 3.8) is 0 Å². The van der Waals surface area contributed by atoms with Gasteiger partial charge in [0.05, 0.1) is 18.5 Å². The number of piperazine rings is 1. The zero-order valence-electron chi connectivity index (χ0n) is 17.9. The summed E-state index contributed by atoms with van der Waals surface area (Å²) in [6.45, 7) is 8.53. The number of aryl methyl sites for hydroxylation is 1. The molecule has 2 aliphatic heterocycles. The van der Waals surface area contributed by atoms with Crippen LogP contribution in [0.1, 0.15) is 35.8 Å². The molecule has 0 aliphatic carbocycles. The molecule has 7 heteroatoms. The molecule has 2 aromatic rings. The van der Waals surface area contributed by atoms with E-state index in [-0.39, 0.29) is 24.4 Å². The zero-order chi connectivity index (χ0) is 21.8. The van der Waals surface area contributed by atoms with Gasteiger partial charge in [-0.15, -0.1) is 6.58 Å². The Morgan fingerprint density at radius 3 is 2.52 bits per heavy atom. The molecule has 1 fully saturated rings. The molecule has 0 radical (unpaired) electrons. The van der Waals surface area contributed by atoms with Gasteiger partial charge >= 0.3 is 0 Å². The van der Waals surface area contributed by atoms with Gasteiger partial charge in [0, 0.05) is 39.0 Å². The highest BCUT2D eigenvalue weighted by atomic mass is 16.3. The largest absolute Gasteiger partial charge is 0.467 e. The van der Waals surface area contributed by atoms with Crippen LogP contribution in [0.4, 0.5) is 0 Å². The van der Waals surface area contributed by atoms with Gasteiger partial charge in [-0.2, -0.15) is 5.10 Å². The van der Waals surface area contributed by atoms with E-state index in [0.717, 1.165) is 17.0 Å². The van der Waals surface area contributed by atoms with E-state index >= 15 is 0 Å². The normalized spacial score (nSPS) is 19.4. The van der Waals surface area contributed by atoms with Crippen molar-refractivity contribution >= 4 is 17.5 Å². The average Bonchev–Trinajstić information content (AvgIpc) is 3.45. The maximum atomic E-state index is 13.2. The van der Waals surface area contributed by atoms with Gasteiger partial charge in [0.2, 0.25) is 5.91 Å². The lowest BCUT2D eigenvalue weighted by Crippen LogP contribution is -2.51. The summed E-state index contributed by atoms with van der Waals surface area (Å²) in [5.41, 5.74) is 3.09. The first-order valence-electron chi connectivity index (χ1n) is 10.7. The lowest BCUT2D eigenvalue weighted by Gasteiger charge is -2.35. The van der Waals surface area contributed by atoms with Gasteiger partial charge in [-0.3, -0.25) is 14.5 Å². The quantitative estimate of drug-likeness (QED) is 0.674. The molecule has 2 aliphatic rings. The highest BCUT2D eigenvalue weighted by molar-refractivity contribution is 6.03. The summed E-state index contributed by atoms with van der Waals surface area (Å²) in [5, 5.41) is 6.27. The molecule has 1 aromatic heterocycles. The van der Waals surface area contributed by atoms with Gasteiger partial charge < -0.3 is 9.32 Å². The molecule has 4 rings (SSSR count). The smallest absolute Gasteiger partial charge is 0.257 e. The van der Waals surface area contributed by atoms with Crippen LogP contribution in [0.25, 0.3) is 0 Å². The highest BCUT2D eigenvalue weighted by Gasteiger charge is 2.35. The number of furan rings is 1. The minimum atomic E-state index is -0.241. The van der Waals surface area contributed by atoms with Gasteiger partial charge in [-0.1, -0.05) is 35.9 Å². The summed E-state index contributed by atoms with van der Waals surface area (Å²) >= 11 is 0. The van der Waals surface area contributed by atoms with Crippen molar-refractivity contribution < 1.29 is 14.0 Å². The topological polar surface area (TPSA) is 69.4 Å². The summed E-state index contributed by atoms with van der Waals surface area (Å²) in [6, 6.07) is 11.7. The molecule has 0 spiro atoms. The molecule has 1 aromatic carbocycles. The first-order chi connectivity index (χ1) is 15.0. The van der Waals surface area contributed by atoms with Gasteiger partial charge in [0.25, 0.3) is 5.91 Å². The molecule has 31 heavy (non-hydrogen) atoms. The lowest BCUT2D eigenvalue weighted by molar-refractivity contribution is -0.136. The van der Waals surface area contributed by atoms with Crippen LogP contribution in [-0.2, 0) is 9.59 Å². The van der Waals surface area contributed by atoms with Crippen molar-refractivity contribution in [2.75, 3.05) is 32.7 Å². The molecular formula is C24H28N4O3. The van der Waals surface area contributed by atoms with Gasteiger partial charge in [-0.05, 0) is 24.6 Å². The summed E-state index contributed by atoms with van der Waals surface area (Å²) in [5.74, 6) is 0.763. The third-order valence-electron chi connectivity index (χ3n) is 5.83. The minimum absolute atomic E-state index is 0.0608. The Morgan fingerprint density at radius 2 is 1.87 bits per heavy atom. The fraction of sp³-hybridized carbons (Fsp3) is 0.375. The minimum Gasteiger partial charge on any atom is -0.467 e. The van der Waals surface area contributed by atoms with Crippen molar-refractivity contribution in [3.8, 4) is 0 Å². The molecule has 2 amide bonds. The molecule has 0 unspecified atom stereocenters. The number of carbonyl (C=O) groups excluding carboxylic acids is 2. The molecule has 3 heterocycles. The second kappa shape index (κ2) is 9.31. The number of nitrogens with zero attached hydrogens (tertiary/aromatic N) is 4. The summed E-state index contributed by atoms with van der Waals surface area (Å²) in [4.78, 5) is 29.2. The van der Waals surface area contributed by atoms with Gasteiger partial charge in [0.15, 0.2) is 0 Å². The Hall–Kier alpha value is -3.19. The summed E-state index contributed by atoms with van der Waals surface area (Å²) in [6.07, 6.45) is 4.23. The fourth-order valence-electron chi connectivity index (χ4n) is 4.03. The third kappa shape index (κ3) is 4.77. The molecule has 0 N–H and O–H groups in total. The maximum absolute atomic E-state index is 13.2. The number of benzene rings is 1. The average molecular weight is 421 g/mol. The fourth-order valence-corrected chi connectivity index (χ4v) is 4.03. The van der Waals surface area contributed by atoms with Crippen molar-refractivity contribution in [1.82, 2.24) is 14.8 Å². The third-order valence-corrected chi connectivity index (χ3v) is 5.83. The summed E-state index contributed by atoms with van der Waals surface area (Å²) < 4.78 is 5.62. The van der Waals surface area contributed by atoms with E-state index in [0.29, 0.717) is 39.0 Å². The number of hydrogen-bond donors (Lipinski definition) is 0. The van der Waals surface area contributed by atoms with Crippen LogP contribution >= 0.6 is 0 Å². The van der Waals surface area contributed by atoms with E-state index in [1.807, 2.05) is 36.1 Å². The Morgan fingerprint density at radius 1 is 1.13 bits per heavy atom. The van der Waals surface area contributed by atoms with Crippen LogP contribution in [0.3, 0.4) is 0 Å². The van der Waals surface area contributed by atoms with Crippen LogP contribution in [-0.4, -0.2) is 65.1 Å². The highest BCUT2D eigenvalue weighted by Crippen LogP contribution is 2.33. The van der Waals surface area contributed by atoms with Gasteiger partial charge in [-0.25, -0.2) is 5.01 Å². The van der Waals surface area contributed by atoms with Gasteiger partial charge in [0.1, 0.15) is 11.8 Å². The van der Waals surface area contributed by atoms with E-state index in [4.69, 9.17) is 9.52 Å². The Balaban J connectivity index is 1.45. The number of hydrogen-bond acceptors (Lipinski definition) is 5. The number of amides is 2. The predicted octanol–water partition coefficient (Wildman–Crippen LogP) is 2.99. The van der Waals surface area contributed by atoms with Crippen molar-refractivity contribution in [3.05, 3.63) is 72.2 Å². The number of carbonyl (C=O) groups is 2. The predicted molar refractivity (Wildman–Crippen MR) is 118 cm³/mol. The SMILES string of the molecule is C=CCC(=O)N1CCN(CC(=O)N2N=C(c3ccc(C)cc3)C[C@@H]2c2ccco2)CC1. The first kappa shape index (κ1) is 21.1. The van der Waals surface area contributed by atoms with Crippen LogP contribution in [0.5, 0.6) is 0 Å². The number of hydrazone groups is 1. The molecule has 1 atom stereocenters. The van der Waals surface area contributed by atoms with Crippen LogP contribution in [0.2, 0.25) is 0 Å². The molecule has 1 saturated heterocycles. The van der Waals surface area contributed by atoms with Crippen molar-refractivity contribution in [2.24, 2.45) is 5.10 Å². The number of rotatable bonds is 6. The Labute approximate surface area is 182 Å². The Kier molecular flexibility index (Phi) is 6.32. The zero-order valence-corrected chi connectivity index (χ0v) is 17.9. The van der Waals surface area contributed by atoms with E-state index in [9.17, 15) is 9.59 Å². The van der Waals surface area contributed by atoms with E-state index in [1.165, 1.54) is 5.56 Å². The molecule has 0 bridgehead atoms. The standard InChI is InChI=1S/C24H28N4O3/c1-3-5-23(29)27-13-11-26(12-14-27)17-24(30)28-21(22-6-4-15-31-22)16-20(25-28)19-9-7-18(2)8-10-19/h3-4,6-10,15,21H,1,5,11-14,16-17H2,2H3/t21-/m1/s1. The molecule has 0 saturated carbocycles. The van der Waals surface area contributed by atoms with Crippen LogP contribution in [0, 0.1) is 6.92 Å². The second-order valence-electron chi connectivity index (χ2n) is 8.04. The molecule has 7 nitrogen and oxygen atoms in total. The monoisotopic (exact) mass is 420 g/mol.